The SMILES string of the molecule is COC(=O)[C@H](CCCC#N)NC(=O)C1c2ccccc2-c2ccccc21. The van der Waals surface area contributed by atoms with Crippen molar-refractivity contribution in [1.82, 2.24) is 5.32 Å². The molecule has 1 aliphatic carbocycles. The molecule has 1 atom stereocenters. The number of amides is 1. The number of unbranched alkanes of at least 4 members (excludes halogenated alkanes) is 1. The van der Waals surface area contributed by atoms with Crippen molar-refractivity contribution >= 4 is 11.9 Å². The Kier molecular flexibility index (Phi) is 5.33. The molecule has 2 aromatic carbocycles. The van der Waals surface area contributed by atoms with Gasteiger partial charge in [-0.15, -0.1) is 0 Å². The molecular formula is C21H20N2O3. The number of benzene rings is 2. The number of nitriles is 1. The summed E-state index contributed by atoms with van der Waals surface area (Å²) in [5.74, 6) is -1.17. The summed E-state index contributed by atoms with van der Waals surface area (Å²) in [6.45, 7) is 0. The average Bonchev–Trinajstić information content (AvgIpc) is 3.01. The van der Waals surface area contributed by atoms with E-state index in [1.54, 1.807) is 0 Å². The number of nitrogens with zero attached hydrogens (tertiary/aromatic N) is 1. The summed E-state index contributed by atoms with van der Waals surface area (Å²) in [6.07, 6.45) is 1.23. The molecule has 5 heteroatoms. The number of carbonyl (C=O) groups excluding carboxylic acids is 2. The van der Waals surface area contributed by atoms with Crippen molar-refractivity contribution in [1.29, 1.82) is 5.26 Å². The fraction of sp³-hybridized carbons (Fsp3) is 0.286. The number of carbonyl (C=O) groups is 2. The van der Waals surface area contributed by atoms with E-state index in [0.29, 0.717) is 19.3 Å². The molecule has 1 aliphatic rings. The summed E-state index contributed by atoms with van der Waals surface area (Å²) < 4.78 is 4.81. The van der Waals surface area contributed by atoms with Crippen LogP contribution < -0.4 is 5.32 Å². The van der Waals surface area contributed by atoms with Crippen LogP contribution in [-0.2, 0) is 14.3 Å². The maximum absolute atomic E-state index is 13.1. The number of hydrogen-bond acceptors (Lipinski definition) is 4. The van der Waals surface area contributed by atoms with E-state index in [1.165, 1.54) is 7.11 Å². The van der Waals surface area contributed by atoms with Crippen LogP contribution >= 0.6 is 0 Å². The zero-order valence-corrected chi connectivity index (χ0v) is 14.6. The van der Waals surface area contributed by atoms with E-state index in [1.807, 2.05) is 54.6 Å². The van der Waals surface area contributed by atoms with Crippen LogP contribution in [0.2, 0.25) is 0 Å². The van der Waals surface area contributed by atoms with Gasteiger partial charge in [-0.3, -0.25) is 4.79 Å². The molecule has 0 saturated heterocycles. The molecule has 5 nitrogen and oxygen atoms in total. The van der Waals surface area contributed by atoms with Gasteiger partial charge in [-0.2, -0.15) is 5.26 Å². The van der Waals surface area contributed by atoms with Gasteiger partial charge in [-0.05, 0) is 35.1 Å². The Morgan fingerprint density at radius 1 is 1.12 bits per heavy atom. The molecule has 0 unspecified atom stereocenters. The Balaban J connectivity index is 1.87. The summed E-state index contributed by atoms with van der Waals surface area (Å²) in [5.41, 5.74) is 3.96. The first-order valence-corrected chi connectivity index (χ1v) is 8.60. The molecule has 26 heavy (non-hydrogen) atoms. The van der Waals surface area contributed by atoms with E-state index in [9.17, 15) is 9.59 Å². The highest BCUT2D eigenvalue weighted by Crippen LogP contribution is 2.44. The first-order valence-electron chi connectivity index (χ1n) is 8.60. The van der Waals surface area contributed by atoms with Crippen molar-refractivity contribution < 1.29 is 14.3 Å². The zero-order valence-electron chi connectivity index (χ0n) is 14.6. The van der Waals surface area contributed by atoms with Gasteiger partial charge < -0.3 is 10.1 Å². The highest BCUT2D eigenvalue weighted by molar-refractivity contribution is 5.97. The Morgan fingerprint density at radius 2 is 1.69 bits per heavy atom. The van der Waals surface area contributed by atoms with E-state index >= 15 is 0 Å². The standard InChI is InChI=1S/C21H20N2O3/c1-26-21(25)18(12-6-7-13-22)23-20(24)19-16-10-4-2-8-14(16)15-9-3-5-11-17(15)19/h2-5,8-11,18-19H,6-7,12H2,1H3,(H,23,24)/t18-/m0/s1. The van der Waals surface area contributed by atoms with Gasteiger partial charge in [0.1, 0.15) is 6.04 Å². The third kappa shape index (κ3) is 3.31. The molecule has 0 aromatic heterocycles. The van der Waals surface area contributed by atoms with Crippen LogP contribution in [-0.4, -0.2) is 25.0 Å². The molecule has 0 radical (unpaired) electrons. The van der Waals surface area contributed by atoms with Gasteiger partial charge in [-0.25, -0.2) is 4.79 Å². The molecule has 0 bridgehead atoms. The molecule has 0 heterocycles. The van der Waals surface area contributed by atoms with Crippen LogP contribution in [0.1, 0.15) is 36.3 Å². The predicted molar refractivity (Wildman–Crippen MR) is 97.1 cm³/mol. The lowest BCUT2D eigenvalue weighted by Crippen LogP contribution is -2.43. The Labute approximate surface area is 152 Å². The van der Waals surface area contributed by atoms with Gasteiger partial charge in [0.15, 0.2) is 0 Å². The lowest BCUT2D eigenvalue weighted by atomic mass is 9.95. The van der Waals surface area contributed by atoms with Crippen molar-refractivity contribution in [2.24, 2.45) is 0 Å². The number of hydrogen-bond donors (Lipinski definition) is 1. The zero-order chi connectivity index (χ0) is 18.5. The quantitative estimate of drug-likeness (QED) is 0.642. The molecule has 132 valence electrons. The molecule has 1 amide bonds. The van der Waals surface area contributed by atoms with Crippen LogP contribution in [0.15, 0.2) is 48.5 Å². The van der Waals surface area contributed by atoms with Crippen molar-refractivity contribution in [3.05, 3.63) is 59.7 Å². The minimum atomic E-state index is -0.749. The average molecular weight is 348 g/mol. The fourth-order valence-electron chi connectivity index (χ4n) is 3.47. The van der Waals surface area contributed by atoms with Gasteiger partial charge in [-0.1, -0.05) is 48.5 Å². The molecule has 0 spiro atoms. The van der Waals surface area contributed by atoms with Crippen molar-refractivity contribution in [2.45, 2.75) is 31.2 Å². The van der Waals surface area contributed by atoms with E-state index < -0.39 is 17.9 Å². The minimum Gasteiger partial charge on any atom is -0.467 e. The fourth-order valence-corrected chi connectivity index (χ4v) is 3.47. The molecule has 1 N–H and O–H groups in total. The van der Waals surface area contributed by atoms with Gasteiger partial charge in [0, 0.05) is 6.42 Å². The highest BCUT2D eigenvalue weighted by atomic mass is 16.5. The number of ether oxygens (including phenoxy) is 1. The second-order valence-corrected chi connectivity index (χ2v) is 6.24. The van der Waals surface area contributed by atoms with Gasteiger partial charge in [0.05, 0.1) is 19.1 Å². The molecule has 3 rings (SSSR count). The smallest absolute Gasteiger partial charge is 0.328 e. The Morgan fingerprint density at radius 3 is 2.23 bits per heavy atom. The minimum absolute atomic E-state index is 0.227. The van der Waals surface area contributed by atoms with E-state index in [-0.39, 0.29) is 5.91 Å². The number of fused-ring (bicyclic) bond motifs is 3. The van der Waals surface area contributed by atoms with Gasteiger partial charge >= 0.3 is 5.97 Å². The second kappa shape index (κ2) is 7.83. The molecular weight excluding hydrogens is 328 g/mol. The summed E-state index contributed by atoms with van der Waals surface area (Å²) in [4.78, 5) is 25.1. The topological polar surface area (TPSA) is 79.2 Å². The van der Waals surface area contributed by atoms with Crippen molar-refractivity contribution in [2.75, 3.05) is 7.11 Å². The first-order chi connectivity index (χ1) is 12.7. The predicted octanol–water partition coefficient (Wildman–Crippen LogP) is 3.15. The first kappa shape index (κ1) is 17.7. The van der Waals surface area contributed by atoms with Crippen LogP contribution in [0.25, 0.3) is 11.1 Å². The molecule has 0 saturated carbocycles. The van der Waals surface area contributed by atoms with Crippen LogP contribution in [0.3, 0.4) is 0 Å². The van der Waals surface area contributed by atoms with Gasteiger partial charge in [0.2, 0.25) is 5.91 Å². The Bertz CT molecular complexity index is 824. The monoisotopic (exact) mass is 348 g/mol. The summed E-state index contributed by atoms with van der Waals surface area (Å²) in [5, 5.41) is 11.5. The highest BCUT2D eigenvalue weighted by Gasteiger charge is 2.35. The third-order valence-electron chi connectivity index (χ3n) is 4.68. The van der Waals surface area contributed by atoms with E-state index in [2.05, 4.69) is 5.32 Å². The third-order valence-corrected chi connectivity index (χ3v) is 4.68. The maximum atomic E-state index is 13.1. The van der Waals surface area contributed by atoms with Crippen LogP contribution in [0.4, 0.5) is 0 Å². The maximum Gasteiger partial charge on any atom is 0.328 e. The van der Waals surface area contributed by atoms with Crippen LogP contribution in [0, 0.1) is 11.3 Å². The largest absolute Gasteiger partial charge is 0.467 e. The number of rotatable bonds is 6. The normalized spacial score (nSPS) is 13.2. The van der Waals surface area contributed by atoms with Crippen LogP contribution in [0.5, 0.6) is 0 Å². The van der Waals surface area contributed by atoms with E-state index in [4.69, 9.17) is 10.00 Å². The lowest BCUT2D eigenvalue weighted by Gasteiger charge is -2.20. The van der Waals surface area contributed by atoms with Gasteiger partial charge in [0.25, 0.3) is 0 Å². The Hall–Kier alpha value is -3.13. The lowest BCUT2D eigenvalue weighted by molar-refractivity contribution is -0.145. The summed E-state index contributed by atoms with van der Waals surface area (Å²) in [7, 11) is 1.30. The second-order valence-electron chi connectivity index (χ2n) is 6.24. The number of nitrogens with one attached hydrogen (secondary N) is 1. The van der Waals surface area contributed by atoms with E-state index in [0.717, 1.165) is 22.3 Å². The molecule has 0 fully saturated rings. The molecule has 2 aromatic rings. The summed E-state index contributed by atoms with van der Waals surface area (Å²) >= 11 is 0. The summed E-state index contributed by atoms with van der Waals surface area (Å²) in [6, 6.07) is 16.9. The van der Waals surface area contributed by atoms with Crippen molar-refractivity contribution in [3.8, 4) is 17.2 Å². The molecule has 0 aliphatic heterocycles. The van der Waals surface area contributed by atoms with Crippen molar-refractivity contribution in [3.63, 3.8) is 0 Å². The number of methoxy groups -OCH3 is 1. The number of esters is 1.